The number of imidazole rings is 1. The van der Waals surface area contributed by atoms with Crippen LogP contribution in [0.3, 0.4) is 0 Å². The second kappa shape index (κ2) is 8.86. The number of hydrogen-bond donors (Lipinski definition) is 2. The average molecular weight is 391 g/mol. The van der Waals surface area contributed by atoms with Crippen LogP contribution in [0.2, 0.25) is 0 Å². The number of aromatic nitrogens is 3. The molecule has 2 N–H and O–H groups in total. The normalized spacial score (nSPS) is 15.0. The van der Waals surface area contributed by atoms with Crippen molar-refractivity contribution in [1.82, 2.24) is 25.0 Å². The first-order valence-electron chi connectivity index (χ1n) is 10.2. The zero-order valence-corrected chi connectivity index (χ0v) is 16.3. The van der Waals surface area contributed by atoms with Crippen molar-refractivity contribution in [1.29, 1.82) is 0 Å². The number of pyridine rings is 2. The standard InChI is InChI=1S/C22H25N5O2/c28-21(24-15-16-10-12-23-13-11-16)19-18-9-5-6-14-27(18)20(26-19)22(29)25-17-7-3-1-2-4-8-17/h5-6,9-14,17H,1-4,7-8,15H2,(H,24,28)(H,25,29). The van der Waals surface area contributed by atoms with Crippen molar-refractivity contribution in [3.63, 3.8) is 0 Å². The summed E-state index contributed by atoms with van der Waals surface area (Å²) >= 11 is 0. The topological polar surface area (TPSA) is 88.4 Å². The van der Waals surface area contributed by atoms with Gasteiger partial charge in [0.1, 0.15) is 0 Å². The molecule has 7 heteroatoms. The van der Waals surface area contributed by atoms with Gasteiger partial charge < -0.3 is 10.6 Å². The van der Waals surface area contributed by atoms with Crippen LogP contribution in [0, 0.1) is 0 Å². The van der Waals surface area contributed by atoms with Crippen LogP contribution < -0.4 is 10.6 Å². The van der Waals surface area contributed by atoms with Gasteiger partial charge in [-0.15, -0.1) is 0 Å². The van der Waals surface area contributed by atoms with E-state index in [1.807, 2.05) is 24.3 Å². The van der Waals surface area contributed by atoms with Gasteiger partial charge in [-0.05, 0) is 42.7 Å². The number of rotatable bonds is 5. The zero-order valence-electron chi connectivity index (χ0n) is 16.3. The summed E-state index contributed by atoms with van der Waals surface area (Å²) in [6.07, 6.45) is 11.8. The first-order chi connectivity index (χ1) is 14.2. The fraction of sp³-hybridized carbons (Fsp3) is 0.364. The lowest BCUT2D eigenvalue weighted by molar-refractivity contribution is 0.0922. The van der Waals surface area contributed by atoms with E-state index in [4.69, 9.17) is 0 Å². The quantitative estimate of drug-likeness (QED) is 0.654. The van der Waals surface area contributed by atoms with E-state index in [9.17, 15) is 9.59 Å². The van der Waals surface area contributed by atoms with Crippen LogP contribution >= 0.6 is 0 Å². The van der Waals surface area contributed by atoms with E-state index < -0.39 is 0 Å². The van der Waals surface area contributed by atoms with E-state index in [0.29, 0.717) is 12.1 Å². The Labute approximate surface area is 169 Å². The molecule has 1 saturated carbocycles. The van der Waals surface area contributed by atoms with Crippen molar-refractivity contribution in [2.75, 3.05) is 0 Å². The summed E-state index contributed by atoms with van der Waals surface area (Å²) in [4.78, 5) is 34.1. The van der Waals surface area contributed by atoms with Gasteiger partial charge in [0.05, 0.1) is 5.52 Å². The predicted molar refractivity (Wildman–Crippen MR) is 110 cm³/mol. The fourth-order valence-corrected chi connectivity index (χ4v) is 3.81. The molecular weight excluding hydrogens is 366 g/mol. The van der Waals surface area contributed by atoms with Gasteiger partial charge in [0.25, 0.3) is 11.8 Å². The predicted octanol–water partition coefficient (Wildman–Crippen LogP) is 3.11. The van der Waals surface area contributed by atoms with Crippen LogP contribution in [0.1, 0.15) is 65.2 Å². The van der Waals surface area contributed by atoms with E-state index in [1.165, 1.54) is 12.8 Å². The van der Waals surface area contributed by atoms with Gasteiger partial charge >= 0.3 is 0 Å². The third kappa shape index (κ3) is 4.45. The highest BCUT2D eigenvalue weighted by Crippen LogP contribution is 2.18. The molecule has 3 aromatic rings. The van der Waals surface area contributed by atoms with E-state index in [0.717, 1.165) is 31.2 Å². The Morgan fingerprint density at radius 1 is 1.00 bits per heavy atom. The first kappa shape index (κ1) is 19.1. The van der Waals surface area contributed by atoms with E-state index in [-0.39, 0.29) is 29.4 Å². The molecule has 1 aliphatic rings. The van der Waals surface area contributed by atoms with Crippen LogP contribution in [0.5, 0.6) is 0 Å². The van der Waals surface area contributed by atoms with Crippen molar-refractivity contribution < 1.29 is 9.59 Å². The van der Waals surface area contributed by atoms with Crippen LogP contribution in [0.15, 0.2) is 48.9 Å². The van der Waals surface area contributed by atoms with Crippen molar-refractivity contribution in [3.05, 3.63) is 66.0 Å². The molecule has 3 aromatic heterocycles. The van der Waals surface area contributed by atoms with Crippen molar-refractivity contribution in [3.8, 4) is 0 Å². The van der Waals surface area contributed by atoms with E-state index in [1.54, 1.807) is 29.1 Å². The second-order valence-electron chi connectivity index (χ2n) is 7.44. The van der Waals surface area contributed by atoms with Crippen LogP contribution in [-0.4, -0.2) is 32.2 Å². The van der Waals surface area contributed by atoms with Gasteiger partial charge in [0, 0.05) is 31.2 Å². The number of nitrogens with zero attached hydrogens (tertiary/aromatic N) is 3. The Morgan fingerprint density at radius 2 is 1.76 bits per heavy atom. The molecule has 29 heavy (non-hydrogen) atoms. The summed E-state index contributed by atoms with van der Waals surface area (Å²) in [5, 5.41) is 5.99. The van der Waals surface area contributed by atoms with Gasteiger partial charge in [-0.1, -0.05) is 31.7 Å². The summed E-state index contributed by atoms with van der Waals surface area (Å²) in [5.74, 6) is -0.288. The minimum absolute atomic E-state index is 0.171. The number of carbonyl (C=O) groups is 2. The van der Waals surface area contributed by atoms with Gasteiger partial charge in [0.15, 0.2) is 5.69 Å². The summed E-state index contributed by atoms with van der Waals surface area (Å²) in [6, 6.07) is 9.33. The summed E-state index contributed by atoms with van der Waals surface area (Å²) < 4.78 is 1.69. The maximum atomic E-state index is 12.9. The largest absolute Gasteiger partial charge is 0.347 e. The van der Waals surface area contributed by atoms with Crippen LogP contribution in [-0.2, 0) is 6.54 Å². The molecular formula is C22H25N5O2. The van der Waals surface area contributed by atoms with E-state index >= 15 is 0 Å². The number of nitrogens with one attached hydrogen (secondary N) is 2. The molecule has 2 amide bonds. The number of hydrogen-bond acceptors (Lipinski definition) is 4. The smallest absolute Gasteiger partial charge is 0.287 e. The molecule has 0 aromatic carbocycles. The molecule has 0 atom stereocenters. The Morgan fingerprint density at radius 3 is 2.52 bits per heavy atom. The third-order valence-corrected chi connectivity index (χ3v) is 5.36. The molecule has 4 rings (SSSR count). The lowest BCUT2D eigenvalue weighted by Gasteiger charge is -2.15. The molecule has 0 saturated heterocycles. The Balaban J connectivity index is 1.54. The number of fused-ring (bicyclic) bond motifs is 1. The monoisotopic (exact) mass is 391 g/mol. The summed E-state index contributed by atoms with van der Waals surface area (Å²) in [6.45, 7) is 0.372. The Hall–Kier alpha value is -3.22. The maximum Gasteiger partial charge on any atom is 0.287 e. The molecule has 7 nitrogen and oxygen atoms in total. The van der Waals surface area contributed by atoms with Crippen molar-refractivity contribution >= 4 is 17.3 Å². The highest BCUT2D eigenvalue weighted by molar-refractivity contribution is 6.02. The average Bonchev–Trinajstić information content (AvgIpc) is 2.96. The zero-order chi connectivity index (χ0) is 20.1. The second-order valence-corrected chi connectivity index (χ2v) is 7.44. The van der Waals surface area contributed by atoms with Gasteiger partial charge in [-0.2, -0.15) is 0 Å². The lowest BCUT2D eigenvalue weighted by Crippen LogP contribution is -2.35. The molecule has 0 unspecified atom stereocenters. The van der Waals surface area contributed by atoms with Gasteiger partial charge in [0.2, 0.25) is 5.82 Å². The van der Waals surface area contributed by atoms with Crippen molar-refractivity contribution in [2.45, 2.75) is 51.1 Å². The molecule has 0 aliphatic heterocycles. The molecule has 3 heterocycles. The maximum absolute atomic E-state index is 12.9. The molecule has 150 valence electrons. The first-order valence-corrected chi connectivity index (χ1v) is 10.2. The van der Waals surface area contributed by atoms with Crippen LogP contribution in [0.4, 0.5) is 0 Å². The Bertz CT molecular complexity index is 991. The summed E-state index contributed by atoms with van der Waals surface area (Å²) in [5.41, 5.74) is 1.82. The van der Waals surface area contributed by atoms with Crippen LogP contribution in [0.25, 0.3) is 5.52 Å². The lowest BCUT2D eigenvalue weighted by atomic mass is 10.1. The van der Waals surface area contributed by atoms with E-state index in [2.05, 4.69) is 20.6 Å². The minimum Gasteiger partial charge on any atom is -0.347 e. The molecule has 0 spiro atoms. The fourth-order valence-electron chi connectivity index (χ4n) is 3.81. The molecule has 0 bridgehead atoms. The SMILES string of the molecule is O=C(NCc1ccncc1)c1nc(C(=O)NC2CCCCCC2)n2ccccc12. The molecule has 1 aliphatic carbocycles. The Kier molecular flexibility index (Phi) is 5.84. The number of amides is 2. The highest BCUT2D eigenvalue weighted by atomic mass is 16.2. The number of carbonyl (C=O) groups excluding carboxylic acids is 2. The highest BCUT2D eigenvalue weighted by Gasteiger charge is 2.23. The van der Waals surface area contributed by atoms with Gasteiger partial charge in [-0.3, -0.25) is 19.0 Å². The summed E-state index contributed by atoms with van der Waals surface area (Å²) in [7, 11) is 0. The third-order valence-electron chi connectivity index (χ3n) is 5.36. The molecule has 1 fully saturated rings. The minimum atomic E-state index is -0.306. The van der Waals surface area contributed by atoms with Gasteiger partial charge in [-0.25, -0.2) is 4.98 Å². The molecule has 0 radical (unpaired) electrons. The van der Waals surface area contributed by atoms with Crippen molar-refractivity contribution in [2.24, 2.45) is 0 Å².